The minimum Gasteiger partial charge on any atom is -0.478 e. The van der Waals surface area contributed by atoms with Crippen LogP contribution in [0.25, 0.3) is 0 Å². The number of carboxylic acids is 1. The molecule has 0 fully saturated rings. The molecule has 0 aromatic heterocycles. The van der Waals surface area contributed by atoms with E-state index in [0.29, 0.717) is 5.69 Å². The molecule has 0 saturated heterocycles. The summed E-state index contributed by atoms with van der Waals surface area (Å²) in [5, 5.41) is 8.66. The van der Waals surface area contributed by atoms with Gasteiger partial charge < -0.3 is 10.0 Å². The van der Waals surface area contributed by atoms with Crippen LogP contribution in [0, 0.1) is 0 Å². The summed E-state index contributed by atoms with van der Waals surface area (Å²) in [4.78, 5) is 12.0. The number of rotatable bonds is 4. The molecule has 0 aliphatic carbocycles. The first kappa shape index (κ1) is 13.3. The molecule has 0 amide bonds. The van der Waals surface area contributed by atoms with Crippen molar-refractivity contribution in [3.63, 3.8) is 0 Å². The molecule has 0 saturated carbocycles. The van der Waals surface area contributed by atoms with Crippen molar-refractivity contribution >= 4 is 11.7 Å². The number of anilines is 1. The van der Waals surface area contributed by atoms with E-state index in [9.17, 15) is 18.0 Å². The van der Waals surface area contributed by atoms with Gasteiger partial charge in [-0.2, -0.15) is 13.2 Å². The monoisotopic (exact) mass is 247 g/mol. The molecule has 1 aromatic carbocycles. The van der Waals surface area contributed by atoms with Crippen LogP contribution in [0.2, 0.25) is 0 Å². The number of aromatic carboxylic acids is 1. The van der Waals surface area contributed by atoms with Crippen LogP contribution in [-0.2, 0) is 0 Å². The van der Waals surface area contributed by atoms with Crippen molar-refractivity contribution in [2.45, 2.75) is 12.6 Å². The maximum atomic E-state index is 12.0. The van der Waals surface area contributed by atoms with Crippen molar-refractivity contribution in [2.75, 3.05) is 18.5 Å². The van der Waals surface area contributed by atoms with Crippen LogP contribution in [-0.4, -0.2) is 30.8 Å². The highest BCUT2D eigenvalue weighted by Gasteiger charge is 2.27. The van der Waals surface area contributed by atoms with Crippen molar-refractivity contribution in [3.8, 4) is 0 Å². The molecule has 0 spiro atoms. The van der Waals surface area contributed by atoms with E-state index >= 15 is 0 Å². The average Bonchev–Trinajstić information content (AvgIpc) is 2.25. The molecule has 1 rings (SSSR count). The number of hydrogen-bond acceptors (Lipinski definition) is 2. The Morgan fingerprint density at radius 2 is 1.82 bits per heavy atom. The van der Waals surface area contributed by atoms with Gasteiger partial charge in [0.25, 0.3) is 0 Å². The van der Waals surface area contributed by atoms with E-state index in [1.165, 1.54) is 36.2 Å². The number of nitrogens with zero attached hydrogens (tertiary/aromatic N) is 1. The second-order valence-corrected chi connectivity index (χ2v) is 3.64. The standard InChI is InChI=1S/C11H12F3NO2/c1-15(7-6-11(12,13)14)9-4-2-8(3-5-9)10(16)17/h2-5H,6-7H2,1H3,(H,16,17). The molecule has 94 valence electrons. The second kappa shape index (κ2) is 5.07. The van der Waals surface area contributed by atoms with Crippen molar-refractivity contribution in [1.82, 2.24) is 0 Å². The summed E-state index contributed by atoms with van der Waals surface area (Å²) in [5.74, 6) is -1.06. The number of benzene rings is 1. The second-order valence-electron chi connectivity index (χ2n) is 3.64. The van der Waals surface area contributed by atoms with Gasteiger partial charge in [0.2, 0.25) is 0 Å². The number of carboxylic acid groups (broad SMARTS) is 1. The highest BCUT2D eigenvalue weighted by Crippen LogP contribution is 2.21. The third kappa shape index (κ3) is 4.34. The minimum atomic E-state index is -4.19. The predicted molar refractivity (Wildman–Crippen MR) is 57.3 cm³/mol. The zero-order chi connectivity index (χ0) is 13.1. The largest absolute Gasteiger partial charge is 0.478 e. The lowest BCUT2D eigenvalue weighted by Crippen LogP contribution is -2.23. The number of halogens is 3. The van der Waals surface area contributed by atoms with Crippen LogP contribution >= 0.6 is 0 Å². The molecule has 0 radical (unpaired) electrons. The van der Waals surface area contributed by atoms with Gasteiger partial charge in [0.1, 0.15) is 0 Å². The summed E-state index contributed by atoms with van der Waals surface area (Å²) in [6.45, 7) is -0.157. The number of alkyl halides is 3. The lowest BCUT2D eigenvalue weighted by Gasteiger charge is -2.20. The van der Waals surface area contributed by atoms with Crippen LogP contribution in [0.3, 0.4) is 0 Å². The van der Waals surface area contributed by atoms with Crippen LogP contribution in [0.15, 0.2) is 24.3 Å². The summed E-state index contributed by atoms with van der Waals surface area (Å²) >= 11 is 0. The van der Waals surface area contributed by atoms with Gasteiger partial charge in [-0.05, 0) is 24.3 Å². The Hall–Kier alpha value is -1.72. The first-order valence-corrected chi connectivity index (χ1v) is 4.91. The van der Waals surface area contributed by atoms with Crippen molar-refractivity contribution in [2.24, 2.45) is 0 Å². The smallest absolute Gasteiger partial charge is 0.390 e. The van der Waals surface area contributed by atoms with Gasteiger partial charge in [-0.1, -0.05) is 0 Å². The van der Waals surface area contributed by atoms with E-state index in [1.807, 2.05) is 0 Å². The Morgan fingerprint density at radius 1 is 1.29 bits per heavy atom. The Bertz CT molecular complexity index is 387. The first-order valence-electron chi connectivity index (χ1n) is 4.91. The van der Waals surface area contributed by atoms with Gasteiger partial charge in [-0.15, -0.1) is 0 Å². The highest BCUT2D eigenvalue weighted by atomic mass is 19.4. The molecule has 0 aliphatic rings. The Morgan fingerprint density at radius 3 is 2.24 bits per heavy atom. The molecule has 6 heteroatoms. The fourth-order valence-electron chi connectivity index (χ4n) is 1.28. The molecule has 1 N–H and O–H groups in total. The minimum absolute atomic E-state index is 0.109. The average molecular weight is 247 g/mol. The van der Waals surface area contributed by atoms with E-state index in [0.717, 1.165) is 0 Å². The molecule has 0 bridgehead atoms. The normalized spacial score (nSPS) is 11.3. The molecular weight excluding hydrogens is 235 g/mol. The van der Waals surface area contributed by atoms with Crippen molar-refractivity contribution in [3.05, 3.63) is 29.8 Å². The third-order valence-electron chi connectivity index (χ3n) is 2.29. The predicted octanol–water partition coefficient (Wildman–Crippen LogP) is 2.77. The summed E-state index contributed by atoms with van der Waals surface area (Å²) in [7, 11) is 1.53. The number of carbonyl (C=O) groups is 1. The molecule has 1 aromatic rings. The van der Waals surface area contributed by atoms with Gasteiger partial charge in [0, 0.05) is 19.3 Å². The SMILES string of the molecule is CN(CCC(F)(F)F)c1ccc(C(=O)O)cc1. The zero-order valence-corrected chi connectivity index (χ0v) is 9.16. The van der Waals surface area contributed by atoms with E-state index in [1.54, 1.807) is 0 Å². The molecule has 0 heterocycles. The lowest BCUT2D eigenvalue weighted by atomic mass is 10.2. The number of hydrogen-bond donors (Lipinski definition) is 1. The summed E-state index contributed by atoms with van der Waals surface area (Å²) in [5.41, 5.74) is 0.664. The molecular formula is C11H12F3NO2. The molecule has 17 heavy (non-hydrogen) atoms. The van der Waals surface area contributed by atoms with Gasteiger partial charge in [0.05, 0.1) is 12.0 Å². The molecule has 0 unspecified atom stereocenters. The Kier molecular flexibility index (Phi) is 3.98. The van der Waals surface area contributed by atoms with Crippen molar-refractivity contribution in [1.29, 1.82) is 0 Å². The van der Waals surface area contributed by atoms with E-state index < -0.39 is 18.6 Å². The van der Waals surface area contributed by atoms with Crippen LogP contribution in [0.4, 0.5) is 18.9 Å². The summed E-state index contributed by atoms with van der Waals surface area (Å²) in [6, 6.07) is 5.70. The van der Waals surface area contributed by atoms with E-state index in [4.69, 9.17) is 5.11 Å². The fourth-order valence-corrected chi connectivity index (χ4v) is 1.28. The molecule has 3 nitrogen and oxygen atoms in total. The van der Waals surface area contributed by atoms with Crippen molar-refractivity contribution < 1.29 is 23.1 Å². The van der Waals surface area contributed by atoms with Gasteiger partial charge in [-0.3, -0.25) is 0 Å². The first-order chi connectivity index (χ1) is 7.79. The van der Waals surface area contributed by atoms with E-state index in [2.05, 4.69) is 0 Å². The maximum absolute atomic E-state index is 12.0. The summed E-state index contributed by atoms with van der Waals surface area (Å²) in [6.07, 6.45) is -5.08. The lowest BCUT2D eigenvalue weighted by molar-refractivity contribution is -0.132. The quantitative estimate of drug-likeness (QED) is 0.889. The Labute approximate surface area is 96.5 Å². The van der Waals surface area contributed by atoms with E-state index in [-0.39, 0.29) is 12.1 Å². The molecule has 0 atom stereocenters. The van der Waals surface area contributed by atoms with Crippen LogP contribution in [0.5, 0.6) is 0 Å². The van der Waals surface area contributed by atoms with Gasteiger partial charge in [-0.25, -0.2) is 4.79 Å². The molecule has 0 aliphatic heterocycles. The summed E-state index contributed by atoms with van der Waals surface area (Å²) < 4.78 is 36.0. The van der Waals surface area contributed by atoms with Crippen LogP contribution in [0.1, 0.15) is 16.8 Å². The van der Waals surface area contributed by atoms with Gasteiger partial charge in [0.15, 0.2) is 0 Å². The highest BCUT2D eigenvalue weighted by molar-refractivity contribution is 5.88. The maximum Gasteiger partial charge on any atom is 0.390 e. The van der Waals surface area contributed by atoms with Gasteiger partial charge >= 0.3 is 12.1 Å². The zero-order valence-electron chi connectivity index (χ0n) is 9.16. The third-order valence-corrected chi connectivity index (χ3v) is 2.29. The Balaban J connectivity index is 2.63. The topological polar surface area (TPSA) is 40.5 Å². The van der Waals surface area contributed by atoms with Crippen LogP contribution < -0.4 is 4.90 Å². The fraction of sp³-hybridized carbons (Fsp3) is 0.364.